The van der Waals surface area contributed by atoms with Crippen molar-refractivity contribution in [3.8, 4) is 67.3 Å². The Balaban J connectivity index is 0.000000100. The van der Waals surface area contributed by atoms with Gasteiger partial charge in [-0.2, -0.15) is 0 Å². The van der Waals surface area contributed by atoms with E-state index in [1.54, 1.807) is 40.2 Å². The lowest BCUT2D eigenvalue weighted by Gasteiger charge is -2.32. The van der Waals surface area contributed by atoms with Gasteiger partial charge in [0.05, 0.1) is 81.9 Å². The molecule has 0 amide bonds. The van der Waals surface area contributed by atoms with Gasteiger partial charge < -0.3 is 0 Å². The van der Waals surface area contributed by atoms with Crippen LogP contribution in [-0.2, 0) is 0 Å². The summed E-state index contributed by atoms with van der Waals surface area (Å²) in [5.41, 5.74) is 22.3. The van der Waals surface area contributed by atoms with E-state index in [9.17, 15) is 0 Å². The second kappa shape index (κ2) is 24.9. The first-order chi connectivity index (χ1) is 53.6. The molecule has 0 spiro atoms. The van der Waals surface area contributed by atoms with Gasteiger partial charge in [0.1, 0.15) is 5.69 Å². The number of hydrogen-bond acceptors (Lipinski definition) is 15. The summed E-state index contributed by atoms with van der Waals surface area (Å²) in [7, 11) is 0. The van der Waals surface area contributed by atoms with Crippen molar-refractivity contribution in [1.29, 1.82) is 0 Å². The molecule has 0 bridgehead atoms. The molecular formula is C93H54N12S3. The molecule has 0 radical (unpaired) electrons. The van der Waals surface area contributed by atoms with Gasteiger partial charge in [-0.1, -0.05) is 206 Å². The Bertz CT molecular complexity index is 6550. The Morgan fingerprint density at radius 3 is 1.02 bits per heavy atom. The van der Waals surface area contributed by atoms with Gasteiger partial charge in [-0.15, -0.1) is 34.0 Å². The minimum absolute atomic E-state index is 0.654. The maximum absolute atomic E-state index is 5.25. The van der Waals surface area contributed by atoms with Crippen molar-refractivity contribution in [3.05, 3.63) is 328 Å². The van der Waals surface area contributed by atoms with Gasteiger partial charge in [0.15, 0.2) is 0 Å². The number of aromatic nitrogens is 9. The maximum atomic E-state index is 5.25. The van der Waals surface area contributed by atoms with E-state index in [1.165, 1.54) is 79.8 Å². The standard InChI is InChI=1S/3C31H18N4S/c1-3-14-24-21(11-1)22-13-5-8-19-9-6-15-25(27(19)22)35(24)31-33-28(20-10-7-17-32-18-20)30-29(34-31)23-12-2-4-16-26(23)36-30;1-3-12-24-21(9-1)22-11-5-7-19-8-6-13-25(27(19)22)35(24)31-33-28(20-15-17-32-18-16-20)30-29(34-31)23-10-2-4-14-26(23)36-30;1-3-15-24-20(11-1)21-13-7-9-19-10-8-16-25(27(19)21)35(24)31-33-28-22-12-2-4-17-26(22)36-30(28)29(34-31)23-14-5-6-18-32-23/h3*1-18H. The summed E-state index contributed by atoms with van der Waals surface area (Å²) in [5.74, 6) is 1.99. The van der Waals surface area contributed by atoms with E-state index in [0.717, 1.165) is 115 Å². The lowest BCUT2D eigenvalue weighted by atomic mass is 9.91. The first-order valence-corrected chi connectivity index (χ1v) is 38.1. The largest absolute Gasteiger partial charge is 0.278 e. The predicted octanol–water partition coefficient (Wildman–Crippen LogP) is 25.5. The van der Waals surface area contributed by atoms with Crippen molar-refractivity contribution in [3.63, 3.8) is 0 Å². The van der Waals surface area contributed by atoms with Crippen LogP contribution >= 0.6 is 34.0 Å². The average molecular weight is 1440 g/mol. The van der Waals surface area contributed by atoms with Crippen molar-refractivity contribution in [2.24, 2.45) is 0 Å². The highest BCUT2D eigenvalue weighted by Gasteiger charge is 2.33. The first-order valence-electron chi connectivity index (χ1n) is 35.6. The fourth-order valence-corrected chi connectivity index (χ4v) is 19.5. The molecule has 0 saturated heterocycles. The van der Waals surface area contributed by atoms with Crippen molar-refractivity contribution in [2.75, 3.05) is 14.7 Å². The van der Waals surface area contributed by atoms with Gasteiger partial charge in [-0.3, -0.25) is 29.7 Å². The van der Waals surface area contributed by atoms with Crippen molar-refractivity contribution < 1.29 is 0 Å². The Labute approximate surface area is 629 Å². The highest BCUT2D eigenvalue weighted by atomic mass is 32.1. The third-order valence-electron chi connectivity index (χ3n) is 20.7. The number of para-hydroxylation sites is 3. The molecule has 12 heterocycles. The number of benzene rings is 12. The van der Waals surface area contributed by atoms with E-state index >= 15 is 0 Å². The molecule has 21 aromatic rings. The predicted molar refractivity (Wildman–Crippen MR) is 448 cm³/mol. The lowest BCUT2D eigenvalue weighted by molar-refractivity contribution is 1.11. The monoisotopic (exact) mass is 1430 g/mol. The molecule has 3 aliphatic rings. The summed E-state index contributed by atoms with van der Waals surface area (Å²) in [6.07, 6.45) is 9.15. The zero-order chi connectivity index (χ0) is 70.9. The van der Waals surface area contributed by atoms with Crippen LogP contribution in [0.2, 0.25) is 0 Å². The smallest absolute Gasteiger partial charge is 0.235 e. The van der Waals surface area contributed by atoms with Crippen LogP contribution in [-0.4, -0.2) is 44.9 Å². The summed E-state index contributed by atoms with van der Waals surface area (Å²) in [5, 5.41) is 10.7. The van der Waals surface area contributed by atoms with Crippen LogP contribution < -0.4 is 14.7 Å². The van der Waals surface area contributed by atoms with Gasteiger partial charge in [-0.25, -0.2) is 29.9 Å². The average Bonchev–Trinajstić information content (AvgIpc) is 0.836. The molecule has 504 valence electrons. The summed E-state index contributed by atoms with van der Waals surface area (Å²) >= 11 is 5.20. The van der Waals surface area contributed by atoms with Gasteiger partial charge in [0.25, 0.3) is 0 Å². The second-order valence-corrected chi connectivity index (χ2v) is 29.9. The number of thiophene rings is 3. The van der Waals surface area contributed by atoms with Crippen LogP contribution in [0.15, 0.2) is 328 Å². The van der Waals surface area contributed by atoms with Crippen LogP contribution in [0, 0.1) is 0 Å². The van der Waals surface area contributed by atoms with Gasteiger partial charge in [0, 0.05) is 105 Å². The SMILES string of the molecule is c1ccc(-c2nc(N3c4ccccc4-c4cccc5cccc3c45)nc3c2sc2ccccc23)nc1.c1ccc2c(c1)-c1cccc3cccc(c13)N2c1nc(-c2ccncc2)c2sc3ccccc3c2n1.c1cncc(-c2nc(N3c4ccccc4-c4cccc5cccc3c45)nc3c2sc2ccccc23)c1. The van der Waals surface area contributed by atoms with Crippen LogP contribution in [0.5, 0.6) is 0 Å². The summed E-state index contributed by atoms with van der Waals surface area (Å²) < 4.78 is 6.84. The molecule has 0 unspecified atom stereocenters. The number of rotatable bonds is 6. The lowest BCUT2D eigenvalue weighted by Crippen LogP contribution is -2.17. The highest BCUT2D eigenvalue weighted by molar-refractivity contribution is 7.27. The maximum Gasteiger partial charge on any atom is 0.235 e. The Kier molecular flexibility index (Phi) is 14.2. The number of hydrogen-bond donors (Lipinski definition) is 0. The zero-order valence-corrected chi connectivity index (χ0v) is 59.7. The van der Waals surface area contributed by atoms with E-state index < -0.39 is 0 Å². The molecule has 12 nitrogen and oxygen atoms in total. The topological polar surface area (TPSA) is 126 Å². The Morgan fingerprint density at radius 2 is 0.602 bits per heavy atom. The van der Waals surface area contributed by atoms with Crippen molar-refractivity contribution >= 4 is 179 Å². The van der Waals surface area contributed by atoms with Gasteiger partial charge in [-0.05, 0) is 124 Å². The first kappa shape index (κ1) is 61.6. The quantitative estimate of drug-likeness (QED) is 0.157. The van der Waals surface area contributed by atoms with Crippen LogP contribution in [0.4, 0.5) is 52.0 Å². The fraction of sp³-hybridized carbons (Fsp3) is 0. The van der Waals surface area contributed by atoms with Crippen LogP contribution in [0.3, 0.4) is 0 Å². The van der Waals surface area contributed by atoms with E-state index in [-0.39, 0.29) is 0 Å². The molecule has 0 aliphatic carbocycles. The molecule has 12 aromatic carbocycles. The molecule has 15 heteroatoms. The zero-order valence-electron chi connectivity index (χ0n) is 57.3. The van der Waals surface area contributed by atoms with Crippen LogP contribution in [0.1, 0.15) is 0 Å². The van der Waals surface area contributed by atoms with E-state index in [0.29, 0.717) is 17.8 Å². The summed E-state index contributed by atoms with van der Waals surface area (Å²) in [6, 6.07) is 104. The Hall–Kier alpha value is -13.8. The molecule has 9 aromatic heterocycles. The Morgan fingerprint density at radius 1 is 0.241 bits per heavy atom. The minimum atomic E-state index is 0.654. The van der Waals surface area contributed by atoms with E-state index in [2.05, 4.69) is 291 Å². The number of anilines is 9. The number of nitrogens with zero attached hydrogens (tertiary/aromatic N) is 12. The van der Waals surface area contributed by atoms with Crippen molar-refractivity contribution in [1.82, 2.24) is 44.9 Å². The third kappa shape index (κ3) is 9.76. The molecule has 0 saturated carbocycles. The molecule has 0 fully saturated rings. The normalized spacial score (nSPS) is 12.4. The van der Waals surface area contributed by atoms with E-state index in [4.69, 9.17) is 29.9 Å². The number of pyridine rings is 3. The van der Waals surface area contributed by atoms with Crippen LogP contribution in [0.25, 0.3) is 161 Å². The fourth-order valence-electron chi connectivity index (χ4n) is 16.0. The van der Waals surface area contributed by atoms with Crippen molar-refractivity contribution in [2.45, 2.75) is 0 Å². The van der Waals surface area contributed by atoms with Gasteiger partial charge in [0.2, 0.25) is 17.8 Å². The summed E-state index contributed by atoms with van der Waals surface area (Å²) in [4.78, 5) is 51.4. The molecule has 0 N–H and O–H groups in total. The second-order valence-electron chi connectivity index (χ2n) is 26.7. The molecule has 3 aliphatic heterocycles. The molecule has 108 heavy (non-hydrogen) atoms. The molecule has 0 atom stereocenters. The third-order valence-corrected chi connectivity index (χ3v) is 24.2. The minimum Gasteiger partial charge on any atom is -0.278 e. The molecule has 24 rings (SSSR count). The highest BCUT2D eigenvalue weighted by Crippen LogP contribution is 2.55. The van der Waals surface area contributed by atoms with E-state index in [1.807, 2.05) is 61.2 Å². The summed E-state index contributed by atoms with van der Waals surface area (Å²) in [6.45, 7) is 0. The van der Waals surface area contributed by atoms with Gasteiger partial charge >= 0.3 is 0 Å². The molecular weight excluding hydrogens is 1380 g/mol. The number of fused-ring (bicyclic) bond motifs is 15.